The average molecular weight is 626 g/mol. The van der Waals surface area contributed by atoms with Gasteiger partial charge >= 0.3 is 13.6 Å². The molecule has 3 aromatic rings. The van der Waals surface area contributed by atoms with Gasteiger partial charge in [-0.2, -0.15) is 0 Å². The summed E-state index contributed by atoms with van der Waals surface area (Å²) in [6.45, 7) is 3.30. The molecule has 13 heteroatoms. The summed E-state index contributed by atoms with van der Waals surface area (Å²) in [6.07, 6.45) is -0.251. The summed E-state index contributed by atoms with van der Waals surface area (Å²) < 4.78 is 17.7. The number of benzene rings is 3. The van der Waals surface area contributed by atoms with Crippen LogP contribution in [0.5, 0.6) is 5.75 Å². The highest BCUT2D eigenvalue weighted by Gasteiger charge is 2.38. The van der Waals surface area contributed by atoms with Gasteiger partial charge in [0.05, 0.1) is 13.2 Å². The van der Waals surface area contributed by atoms with Gasteiger partial charge in [0, 0.05) is 29.5 Å². The zero-order valence-corrected chi connectivity index (χ0v) is 25.5. The summed E-state index contributed by atoms with van der Waals surface area (Å²) in [4.78, 5) is 73.4. The number of amides is 3. The molecule has 0 fully saturated rings. The fourth-order valence-electron chi connectivity index (χ4n) is 5.31. The fraction of sp³-hybridized carbons (Fsp3) is 0.355. The van der Waals surface area contributed by atoms with Crippen molar-refractivity contribution in [2.75, 3.05) is 13.7 Å². The van der Waals surface area contributed by atoms with Crippen LogP contribution in [0.3, 0.4) is 0 Å². The second-order valence-electron chi connectivity index (χ2n) is 11.2. The van der Waals surface area contributed by atoms with E-state index in [-0.39, 0.29) is 31.7 Å². The van der Waals surface area contributed by atoms with Crippen LogP contribution in [0.2, 0.25) is 0 Å². The van der Waals surface area contributed by atoms with Gasteiger partial charge in [0.15, 0.2) is 0 Å². The lowest BCUT2D eigenvalue weighted by Gasteiger charge is -2.31. The SMILES string of the molecule is COc1ccc(C[C@H](NC(=O)[C@H](CC(C)C)NC(CCN2C(=O)c3cccc4cccc(c34)C2=O)P(=O)(O)O)C(=O)O)cc1. The van der Waals surface area contributed by atoms with Gasteiger partial charge in [-0.1, -0.05) is 50.2 Å². The van der Waals surface area contributed by atoms with E-state index >= 15 is 0 Å². The first-order chi connectivity index (χ1) is 20.8. The second-order valence-corrected chi connectivity index (χ2v) is 13.0. The monoisotopic (exact) mass is 625 g/mol. The van der Waals surface area contributed by atoms with Crippen molar-refractivity contribution in [2.24, 2.45) is 5.92 Å². The number of hydrogen-bond acceptors (Lipinski definition) is 7. The zero-order chi connectivity index (χ0) is 32.2. The number of carbonyl (C=O) groups is 4. The summed E-state index contributed by atoms with van der Waals surface area (Å²) in [7, 11) is -3.41. The Morgan fingerprint density at radius 3 is 2.02 bits per heavy atom. The Labute approximate surface area is 254 Å². The Morgan fingerprint density at radius 1 is 0.932 bits per heavy atom. The van der Waals surface area contributed by atoms with Crippen molar-refractivity contribution >= 4 is 42.1 Å². The molecule has 0 saturated heterocycles. The summed E-state index contributed by atoms with van der Waals surface area (Å²) in [6, 6.07) is 14.4. The molecule has 44 heavy (non-hydrogen) atoms. The average Bonchev–Trinajstić information content (AvgIpc) is 2.97. The number of carboxylic acid groups (broad SMARTS) is 1. The Morgan fingerprint density at radius 2 is 1.52 bits per heavy atom. The number of carboxylic acids is 1. The van der Waals surface area contributed by atoms with Gasteiger partial charge in [-0.25, -0.2) is 4.79 Å². The largest absolute Gasteiger partial charge is 0.497 e. The Balaban J connectivity index is 1.50. The maximum Gasteiger partial charge on any atom is 0.342 e. The molecule has 3 aromatic carbocycles. The number of nitrogens with one attached hydrogen (secondary N) is 2. The number of aliphatic carboxylic acids is 1. The molecule has 1 unspecified atom stereocenters. The van der Waals surface area contributed by atoms with E-state index in [0.29, 0.717) is 27.8 Å². The van der Waals surface area contributed by atoms with Crippen LogP contribution >= 0.6 is 7.60 Å². The van der Waals surface area contributed by atoms with Crippen molar-refractivity contribution in [3.8, 4) is 5.75 Å². The number of rotatable bonds is 14. The Kier molecular flexibility index (Phi) is 10.2. The van der Waals surface area contributed by atoms with Crippen LogP contribution in [0.4, 0.5) is 0 Å². The topological polar surface area (TPSA) is 183 Å². The Hall–Kier alpha value is -4.09. The number of methoxy groups -OCH3 is 1. The molecule has 0 aliphatic carbocycles. The van der Waals surface area contributed by atoms with Crippen molar-refractivity contribution in [1.29, 1.82) is 0 Å². The van der Waals surface area contributed by atoms with E-state index in [2.05, 4.69) is 10.6 Å². The summed E-state index contributed by atoms with van der Waals surface area (Å²) in [5, 5.41) is 16.3. The number of ether oxygens (including phenoxy) is 1. The highest BCUT2D eigenvalue weighted by molar-refractivity contribution is 7.52. The smallest absolute Gasteiger partial charge is 0.342 e. The Bertz CT molecular complexity index is 1550. The van der Waals surface area contributed by atoms with Gasteiger partial charge in [0.25, 0.3) is 11.8 Å². The van der Waals surface area contributed by atoms with Crippen LogP contribution < -0.4 is 15.4 Å². The van der Waals surface area contributed by atoms with Gasteiger partial charge in [-0.15, -0.1) is 0 Å². The van der Waals surface area contributed by atoms with Crippen molar-refractivity contribution in [1.82, 2.24) is 15.5 Å². The minimum Gasteiger partial charge on any atom is -0.497 e. The van der Waals surface area contributed by atoms with Gasteiger partial charge in [-0.3, -0.25) is 29.2 Å². The minimum absolute atomic E-state index is 0.0329. The van der Waals surface area contributed by atoms with Crippen molar-refractivity contribution in [3.63, 3.8) is 0 Å². The molecule has 4 rings (SSSR count). The van der Waals surface area contributed by atoms with Crippen LogP contribution in [0.25, 0.3) is 10.8 Å². The number of imide groups is 1. The van der Waals surface area contributed by atoms with Crippen LogP contribution in [0.1, 0.15) is 53.0 Å². The van der Waals surface area contributed by atoms with Crippen LogP contribution in [-0.2, 0) is 20.6 Å². The van der Waals surface area contributed by atoms with E-state index < -0.39 is 49.2 Å². The molecular formula is C31H36N3O9P. The van der Waals surface area contributed by atoms with Gasteiger partial charge in [-0.05, 0) is 54.0 Å². The first-order valence-electron chi connectivity index (χ1n) is 14.2. The van der Waals surface area contributed by atoms with Crippen molar-refractivity contribution in [3.05, 3.63) is 77.4 Å². The molecule has 5 N–H and O–H groups in total. The van der Waals surface area contributed by atoms with E-state index in [1.807, 2.05) is 13.8 Å². The molecule has 3 amide bonds. The third-order valence-corrected chi connectivity index (χ3v) is 8.74. The predicted octanol–water partition coefficient (Wildman–Crippen LogP) is 3.15. The molecule has 0 spiro atoms. The van der Waals surface area contributed by atoms with Crippen molar-refractivity contribution < 1.29 is 43.4 Å². The lowest BCUT2D eigenvalue weighted by molar-refractivity contribution is -0.142. The maximum atomic E-state index is 13.4. The van der Waals surface area contributed by atoms with Crippen LogP contribution in [0, 0.1) is 5.92 Å². The zero-order valence-electron chi connectivity index (χ0n) is 24.6. The highest BCUT2D eigenvalue weighted by atomic mass is 31.2. The van der Waals surface area contributed by atoms with Gasteiger partial charge < -0.3 is 24.9 Å². The van der Waals surface area contributed by atoms with E-state index in [0.717, 1.165) is 10.3 Å². The molecule has 1 heterocycles. The third kappa shape index (κ3) is 7.51. The van der Waals surface area contributed by atoms with Crippen LogP contribution in [-0.4, -0.2) is 75.0 Å². The molecular weight excluding hydrogens is 589 g/mol. The number of hydrogen-bond donors (Lipinski definition) is 5. The number of nitrogens with zero attached hydrogens (tertiary/aromatic N) is 1. The lowest BCUT2D eigenvalue weighted by Crippen LogP contribution is -2.54. The molecule has 12 nitrogen and oxygen atoms in total. The predicted molar refractivity (Wildman–Crippen MR) is 162 cm³/mol. The van der Waals surface area contributed by atoms with Crippen molar-refractivity contribution in [2.45, 2.75) is 51.0 Å². The molecule has 1 aliphatic rings. The third-order valence-electron chi connectivity index (χ3n) is 7.52. The molecule has 3 atom stereocenters. The quantitative estimate of drug-likeness (QED) is 0.132. The van der Waals surface area contributed by atoms with E-state index in [9.17, 15) is 38.6 Å². The second kappa shape index (κ2) is 13.7. The molecule has 0 bridgehead atoms. The van der Waals surface area contributed by atoms with E-state index in [4.69, 9.17) is 4.74 Å². The molecule has 1 aliphatic heterocycles. The van der Waals surface area contributed by atoms with E-state index in [1.165, 1.54) is 7.11 Å². The summed E-state index contributed by atoms with van der Waals surface area (Å²) in [5.74, 6) is -4.31. The van der Waals surface area contributed by atoms with Gasteiger partial charge in [0.2, 0.25) is 5.91 Å². The first-order valence-corrected chi connectivity index (χ1v) is 15.8. The standard InChI is InChI=1S/C31H36N3O9P/c1-18(2)16-24(28(35)33-25(31(38)39)17-19-10-12-21(43-3)13-11-19)32-26(44(40,41)42)14-15-34-29(36)22-8-4-6-20-7-5-9-23(27(20)22)30(34)37/h4-13,18,24-26,32H,14-17H2,1-3H3,(H,33,35)(H,38,39)(H2,40,41,42)/t24-,25-,26?/m0/s1. The normalized spacial score (nSPS) is 15.3. The molecule has 0 saturated carbocycles. The minimum atomic E-state index is -4.92. The molecule has 0 aromatic heterocycles. The molecule has 0 radical (unpaired) electrons. The van der Waals surface area contributed by atoms with Crippen LogP contribution in [0.15, 0.2) is 60.7 Å². The maximum absolute atomic E-state index is 13.4. The lowest BCUT2D eigenvalue weighted by atomic mass is 9.94. The van der Waals surface area contributed by atoms with E-state index in [1.54, 1.807) is 60.7 Å². The fourth-order valence-corrected chi connectivity index (χ4v) is 6.13. The first kappa shape index (κ1) is 32.8. The highest BCUT2D eigenvalue weighted by Crippen LogP contribution is 2.42. The summed E-state index contributed by atoms with van der Waals surface area (Å²) in [5.41, 5.74) is 1.26. The molecule has 234 valence electrons. The van der Waals surface area contributed by atoms with Gasteiger partial charge in [0.1, 0.15) is 17.6 Å². The summed E-state index contributed by atoms with van der Waals surface area (Å²) >= 11 is 0. The number of carbonyl (C=O) groups excluding carboxylic acids is 3.